The molecule has 3 aromatic rings. The number of aromatic amines is 1. The van der Waals surface area contributed by atoms with E-state index < -0.39 is 4.92 Å². The number of methoxy groups -OCH3 is 2. The van der Waals surface area contributed by atoms with Gasteiger partial charge >= 0.3 is 0 Å². The zero-order valence-corrected chi connectivity index (χ0v) is 15.7. The maximum absolute atomic E-state index is 10.7. The van der Waals surface area contributed by atoms with E-state index in [2.05, 4.69) is 17.1 Å². The lowest BCUT2D eigenvalue weighted by Crippen LogP contribution is -1.98. The van der Waals surface area contributed by atoms with Gasteiger partial charge in [-0.2, -0.15) is 5.26 Å². The van der Waals surface area contributed by atoms with Crippen molar-refractivity contribution in [2.75, 3.05) is 14.2 Å². The van der Waals surface area contributed by atoms with Gasteiger partial charge in [0.15, 0.2) is 0 Å². The Kier molecular flexibility index (Phi) is 6.39. The Balaban J connectivity index is 0.000000198. The lowest BCUT2D eigenvalue weighted by molar-refractivity contribution is -0.385. The standard InChI is InChI=1S/C10H10N2O3.C10H11NO/c1-7-5-8(3-4-11)9(12(13)14)6-10(7)15-2;1-7-5-8-3-4-11-9(8)6-10(7)12-2/h5-6H,3H2,1-2H3;3-6,11H,1-2H3. The van der Waals surface area contributed by atoms with Gasteiger partial charge in [0, 0.05) is 23.3 Å². The number of H-pyrrole nitrogens is 1. The molecule has 7 nitrogen and oxygen atoms in total. The minimum atomic E-state index is -0.505. The van der Waals surface area contributed by atoms with Crippen molar-refractivity contribution in [2.24, 2.45) is 0 Å². The zero-order chi connectivity index (χ0) is 20.0. The van der Waals surface area contributed by atoms with Gasteiger partial charge in [-0.25, -0.2) is 0 Å². The first-order valence-corrected chi connectivity index (χ1v) is 8.21. The third-order valence-electron chi connectivity index (χ3n) is 4.13. The van der Waals surface area contributed by atoms with Crippen molar-refractivity contribution in [1.29, 1.82) is 5.26 Å². The van der Waals surface area contributed by atoms with Crippen LogP contribution >= 0.6 is 0 Å². The van der Waals surface area contributed by atoms with Crippen molar-refractivity contribution in [3.63, 3.8) is 0 Å². The van der Waals surface area contributed by atoms with E-state index in [1.165, 1.54) is 24.1 Å². The van der Waals surface area contributed by atoms with Gasteiger partial charge in [-0.15, -0.1) is 0 Å². The van der Waals surface area contributed by atoms with Crippen LogP contribution in [-0.2, 0) is 6.42 Å². The number of fused-ring (bicyclic) bond motifs is 1. The summed E-state index contributed by atoms with van der Waals surface area (Å²) in [4.78, 5) is 13.4. The molecule has 0 aliphatic rings. The van der Waals surface area contributed by atoms with Gasteiger partial charge in [0.2, 0.25) is 0 Å². The fraction of sp³-hybridized carbons (Fsp3) is 0.250. The molecule has 0 unspecified atom stereocenters. The van der Waals surface area contributed by atoms with Crippen molar-refractivity contribution in [3.05, 3.63) is 63.3 Å². The molecule has 0 bridgehead atoms. The van der Waals surface area contributed by atoms with Gasteiger partial charge in [0.25, 0.3) is 5.69 Å². The molecule has 0 radical (unpaired) electrons. The summed E-state index contributed by atoms with van der Waals surface area (Å²) in [5.41, 5.74) is 3.43. The van der Waals surface area contributed by atoms with E-state index in [0.717, 1.165) is 16.8 Å². The molecule has 0 saturated heterocycles. The maximum Gasteiger partial charge on any atom is 0.277 e. The lowest BCUT2D eigenvalue weighted by Gasteiger charge is -2.06. The van der Waals surface area contributed by atoms with Crippen molar-refractivity contribution in [1.82, 2.24) is 4.98 Å². The summed E-state index contributed by atoms with van der Waals surface area (Å²) < 4.78 is 10.2. The minimum absolute atomic E-state index is 0.0289. The molecule has 27 heavy (non-hydrogen) atoms. The van der Waals surface area contributed by atoms with Crippen molar-refractivity contribution < 1.29 is 14.4 Å². The highest BCUT2D eigenvalue weighted by Crippen LogP contribution is 2.28. The number of benzene rings is 2. The molecule has 7 heteroatoms. The van der Waals surface area contributed by atoms with Gasteiger partial charge in [-0.05, 0) is 48.6 Å². The zero-order valence-electron chi connectivity index (χ0n) is 15.7. The predicted molar refractivity (Wildman–Crippen MR) is 103 cm³/mol. The van der Waals surface area contributed by atoms with Crippen LogP contribution in [0.25, 0.3) is 10.9 Å². The molecule has 0 fully saturated rings. The quantitative estimate of drug-likeness (QED) is 0.542. The van der Waals surface area contributed by atoms with Crippen molar-refractivity contribution >= 4 is 16.6 Å². The van der Waals surface area contributed by atoms with Gasteiger partial charge in [-0.1, -0.05) is 0 Å². The third-order valence-corrected chi connectivity index (χ3v) is 4.13. The summed E-state index contributed by atoms with van der Waals surface area (Å²) in [6, 6.07) is 11.1. The van der Waals surface area contributed by atoms with Gasteiger partial charge in [0.1, 0.15) is 11.5 Å². The van der Waals surface area contributed by atoms with E-state index >= 15 is 0 Å². The van der Waals surface area contributed by atoms with Crippen LogP contribution < -0.4 is 9.47 Å². The van der Waals surface area contributed by atoms with Crippen LogP contribution in [0.1, 0.15) is 16.7 Å². The monoisotopic (exact) mass is 367 g/mol. The van der Waals surface area contributed by atoms with E-state index in [1.54, 1.807) is 20.1 Å². The number of aromatic nitrogens is 1. The fourth-order valence-electron chi connectivity index (χ4n) is 2.77. The molecule has 140 valence electrons. The van der Waals surface area contributed by atoms with Crippen LogP contribution in [0.3, 0.4) is 0 Å². The maximum atomic E-state index is 10.7. The summed E-state index contributed by atoms with van der Waals surface area (Å²) >= 11 is 0. The number of ether oxygens (including phenoxy) is 2. The van der Waals surface area contributed by atoms with Crippen LogP contribution in [0.5, 0.6) is 11.5 Å². The van der Waals surface area contributed by atoms with Crippen molar-refractivity contribution in [2.45, 2.75) is 20.3 Å². The molecule has 0 atom stereocenters. The number of nitrogens with zero attached hydrogens (tertiary/aromatic N) is 2. The molecule has 3 rings (SSSR count). The molecule has 0 aliphatic carbocycles. The summed E-state index contributed by atoms with van der Waals surface area (Å²) in [7, 11) is 3.15. The number of nitriles is 1. The number of aryl methyl sites for hydroxylation is 2. The van der Waals surface area contributed by atoms with Crippen LogP contribution in [0.15, 0.2) is 36.5 Å². The summed E-state index contributed by atoms with van der Waals surface area (Å²) in [6.07, 6.45) is 1.96. The molecular weight excluding hydrogens is 346 g/mol. The van der Waals surface area contributed by atoms with Crippen LogP contribution in [0.4, 0.5) is 5.69 Å². The van der Waals surface area contributed by atoms with Crippen LogP contribution in [0.2, 0.25) is 0 Å². The molecule has 1 N–H and O–H groups in total. The van der Waals surface area contributed by atoms with E-state index in [-0.39, 0.29) is 12.1 Å². The Morgan fingerprint density at radius 3 is 2.33 bits per heavy atom. The Morgan fingerprint density at radius 1 is 1.11 bits per heavy atom. The second-order valence-electron chi connectivity index (χ2n) is 5.93. The normalized spacial score (nSPS) is 9.89. The first-order chi connectivity index (χ1) is 12.9. The number of hydrogen-bond donors (Lipinski definition) is 1. The third kappa shape index (κ3) is 4.55. The average molecular weight is 367 g/mol. The predicted octanol–water partition coefficient (Wildman–Crippen LogP) is 4.46. The van der Waals surface area contributed by atoms with Crippen molar-refractivity contribution in [3.8, 4) is 17.6 Å². The number of nitrogens with one attached hydrogen (secondary N) is 1. The topological polar surface area (TPSA) is 101 Å². The fourth-order valence-corrected chi connectivity index (χ4v) is 2.77. The highest BCUT2D eigenvalue weighted by atomic mass is 16.6. The van der Waals surface area contributed by atoms with E-state index in [4.69, 9.17) is 14.7 Å². The molecule has 2 aromatic carbocycles. The van der Waals surface area contributed by atoms with Crippen LogP contribution in [-0.4, -0.2) is 24.1 Å². The number of rotatable bonds is 4. The Labute approximate surface area is 157 Å². The summed E-state index contributed by atoms with van der Waals surface area (Å²) in [6.45, 7) is 3.83. The number of nitro benzene ring substituents is 1. The Morgan fingerprint density at radius 2 is 1.74 bits per heavy atom. The van der Waals surface area contributed by atoms with Crippen LogP contribution in [0, 0.1) is 35.3 Å². The summed E-state index contributed by atoms with van der Waals surface area (Å²) in [5.74, 6) is 1.40. The largest absolute Gasteiger partial charge is 0.496 e. The molecule has 1 heterocycles. The van der Waals surface area contributed by atoms with E-state index in [0.29, 0.717) is 11.3 Å². The number of hydrogen-bond acceptors (Lipinski definition) is 5. The SMILES string of the molecule is COc1cc([N+](=O)[O-])c(CC#N)cc1C.COc1cc2[nH]ccc2cc1C. The first-order valence-electron chi connectivity index (χ1n) is 8.21. The van der Waals surface area contributed by atoms with E-state index in [1.807, 2.05) is 25.3 Å². The second kappa shape index (κ2) is 8.72. The second-order valence-corrected chi connectivity index (χ2v) is 5.93. The first kappa shape index (κ1) is 19.8. The Bertz CT molecular complexity index is 1000. The molecule has 0 spiro atoms. The molecule has 0 aliphatic heterocycles. The van der Waals surface area contributed by atoms with E-state index in [9.17, 15) is 10.1 Å². The Hall–Kier alpha value is -3.53. The summed E-state index contributed by atoms with van der Waals surface area (Å²) in [5, 5.41) is 20.5. The lowest BCUT2D eigenvalue weighted by atomic mass is 10.1. The molecular formula is C20H21N3O4. The van der Waals surface area contributed by atoms with Gasteiger partial charge < -0.3 is 14.5 Å². The smallest absolute Gasteiger partial charge is 0.277 e. The molecule has 0 amide bonds. The average Bonchev–Trinajstić information content (AvgIpc) is 3.08. The highest BCUT2D eigenvalue weighted by Gasteiger charge is 2.16. The number of nitro groups is 1. The highest BCUT2D eigenvalue weighted by molar-refractivity contribution is 5.81. The van der Waals surface area contributed by atoms with Gasteiger partial charge in [0.05, 0.1) is 37.7 Å². The minimum Gasteiger partial charge on any atom is -0.496 e. The molecule has 0 saturated carbocycles. The molecule has 1 aromatic heterocycles. The van der Waals surface area contributed by atoms with Gasteiger partial charge in [-0.3, -0.25) is 10.1 Å².